The second-order valence-electron chi connectivity index (χ2n) is 6.91. The van der Waals surface area contributed by atoms with E-state index in [0.29, 0.717) is 18.1 Å². The lowest BCUT2D eigenvalue weighted by Crippen LogP contribution is -2.23. The molecule has 1 atom stereocenters. The zero-order valence-electron chi connectivity index (χ0n) is 13.4. The molecule has 21 heavy (non-hydrogen) atoms. The van der Waals surface area contributed by atoms with E-state index in [0.717, 1.165) is 25.2 Å². The molecule has 0 bridgehead atoms. The van der Waals surface area contributed by atoms with Crippen LogP contribution in [0.2, 0.25) is 0 Å². The molecule has 116 valence electrons. The van der Waals surface area contributed by atoms with Gasteiger partial charge in [-0.1, -0.05) is 31.8 Å². The van der Waals surface area contributed by atoms with Crippen LogP contribution >= 0.6 is 0 Å². The molecule has 1 fully saturated rings. The van der Waals surface area contributed by atoms with Crippen molar-refractivity contribution in [3.63, 3.8) is 0 Å². The van der Waals surface area contributed by atoms with E-state index in [9.17, 15) is 4.79 Å². The van der Waals surface area contributed by atoms with Gasteiger partial charge in [0.2, 0.25) is 0 Å². The van der Waals surface area contributed by atoms with E-state index < -0.39 is 0 Å². The van der Waals surface area contributed by atoms with Crippen molar-refractivity contribution < 1.29 is 4.79 Å². The first kappa shape index (κ1) is 16.3. The van der Waals surface area contributed by atoms with Gasteiger partial charge in [0.1, 0.15) is 0 Å². The average Bonchev–Trinajstić information content (AvgIpc) is 2.52. The van der Waals surface area contributed by atoms with Crippen LogP contribution in [0.5, 0.6) is 0 Å². The summed E-state index contributed by atoms with van der Waals surface area (Å²) in [4.78, 5) is 12.2. The minimum absolute atomic E-state index is 0.120. The Labute approximate surface area is 129 Å². The molecular formula is C19H29NO. The maximum Gasteiger partial charge on any atom is 0.158 e. The minimum Gasteiger partial charge on any atom is -0.295 e. The molecule has 1 unspecified atom stereocenters. The average molecular weight is 287 g/mol. The number of hydrogen-bond donors (Lipinski definition) is 0. The largest absolute Gasteiger partial charge is 0.295 e. The minimum atomic E-state index is 0.120. The number of rotatable bonds is 6. The summed E-state index contributed by atoms with van der Waals surface area (Å²) in [5.74, 6) is 2.02. The fourth-order valence-electron chi connectivity index (χ4n) is 4.02. The molecule has 0 saturated heterocycles. The highest BCUT2D eigenvalue weighted by molar-refractivity contribution is 5.93. The molecule has 0 N–H and O–H groups in total. The topological polar surface area (TPSA) is 40.9 Å². The Bertz CT molecular complexity index is 410. The van der Waals surface area contributed by atoms with Crippen LogP contribution in [0.1, 0.15) is 77.6 Å². The highest BCUT2D eigenvalue weighted by atomic mass is 16.1. The van der Waals surface area contributed by atoms with Crippen LogP contribution in [0.15, 0.2) is 11.6 Å². The van der Waals surface area contributed by atoms with Gasteiger partial charge < -0.3 is 0 Å². The van der Waals surface area contributed by atoms with Gasteiger partial charge in [0, 0.05) is 12.3 Å². The summed E-state index contributed by atoms with van der Waals surface area (Å²) in [6, 6.07) is 2.16. The quantitative estimate of drug-likeness (QED) is 0.674. The van der Waals surface area contributed by atoms with Crippen molar-refractivity contribution in [2.45, 2.75) is 77.6 Å². The third kappa shape index (κ3) is 4.70. The Morgan fingerprint density at radius 1 is 1.19 bits per heavy atom. The Balaban J connectivity index is 1.81. The van der Waals surface area contributed by atoms with Crippen LogP contribution in [0.25, 0.3) is 0 Å². The first-order chi connectivity index (χ1) is 10.2. The molecule has 0 amide bonds. The molecule has 0 radical (unpaired) electrons. The summed E-state index contributed by atoms with van der Waals surface area (Å²) in [6.07, 6.45) is 14.6. The van der Waals surface area contributed by atoms with Crippen molar-refractivity contribution in [1.82, 2.24) is 0 Å². The molecular weight excluding hydrogens is 258 g/mol. The van der Waals surface area contributed by atoms with Crippen LogP contribution in [0, 0.1) is 29.1 Å². The Morgan fingerprint density at radius 3 is 2.57 bits per heavy atom. The molecule has 0 spiro atoms. The number of carbonyl (C=O) groups is 1. The van der Waals surface area contributed by atoms with Crippen LogP contribution < -0.4 is 0 Å². The van der Waals surface area contributed by atoms with Gasteiger partial charge in [0.05, 0.1) is 6.07 Å². The van der Waals surface area contributed by atoms with Crippen LogP contribution in [-0.4, -0.2) is 5.78 Å². The first-order valence-electron chi connectivity index (χ1n) is 8.85. The predicted octanol–water partition coefficient (Wildman–Crippen LogP) is 5.19. The molecule has 0 aromatic carbocycles. The second-order valence-corrected chi connectivity index (χ2v) is 6.91. The molecule has 0 aliphatic heterocycles. The monoisotopic (exact) mass is 287 g/mol. The van der Waals surface area contributed by atoms with Gasteiger partial charge in [0.15, 0.2) is 5.78 Å². The van der Waals surface area contributed by atoms with Gasteiger partial charge in [0.25, 0.3) is 0 Å². The Kier molecular flexibility index (Phi) is 6.49. The normalized spacial score (nSPS) is 29.8. The number of unbranched alkanes of at least 4 members (excludes halogenated alkanes) is 1. The van der Waals surface area contributed by atoms with Crippen LogP contribution in [-0.2, 0) is 4.79 Å². The highest BCUT2D eigenvalue weighted by Gasteiger charge is 2.28. The molecule has 2 heteroatoms. The molecule has 2 aliphatic carbocycles. The van der Waals surface area contributed by atoms with Gasteiger partial charge in [-0.15, -0.1) is 0 Å². The van der Waals surface area contributed by atoms with Gasteiger partial charge in [-0.2, -0.15) is 5.26 Å². The Morgan fingerprint density at radius 2 is 1.95 bits per heavy atom. The summed E-state index contributed by atoms with van der Waals surface area (Å²) in [5.41, 5.74) is 1.42. The zero-order valence-corrected chi connectivity index (χ0v) is 13.4. The van der Waals surface area contributed by atoms with E-state index in [1.807, 2.05) is 6.08 Å². The summed E-state index contributed by atoms with van der Waals surface area (Å²) in [6.45, 7) is 2.27. The fourth-order valence-corrected chi connectivity index (χ4v) is 4.02. The van der Waals surface area contributed by atoms with Gasteiger partial charge in [-0.3, -0.25) is 4.79 Å². The van der Waals surface area contributed by atoms with E-state index >= 15 is 0 Å². The maximum atomic E-state index is 12.2. The number of allylic oxidation sites excluding steroid dienone is 2. The van der Waals surface area contributed by atoms with E-state index in [2.05, 4.69) is 13.0 Å². The van der Waals surface area contributed by atoms with E-state index in [4.69, 9.17) is 5.26 Å². The molecule has 0 aromatic heterocycles. The van der Waals surface area contributed by atoms with Crippen molar-refractivity contribution in [3.05, 3.63) is 11.6 Å². The zero-order chi connectivity index (χ0) is 15.1. The Hall–Kier alpha value is -1.10. The second kappa shape index (κ2) is 8.37. The molecule has 0 aromatic rings. The summed E-state index contributed by atoms with van der Waals surface area (Å²) >= 11 is 0. The maximum absolute atomic E-state index is 12.2. The SMILES string of the molecule is CCCCC1CCC(C2=CC(=O)C(CCC#N)CC2)CC1. The third-order valence-corrected chi connectivity index (χ3v) is 5.45. The number of ketones is 1. The lowest BCUT2D eigenvalue weighted by Gasteiger charge is -2.32. The van der Waals surface area contributed by atoms with Gasteiger partial charge in [-0.25, -0.2) is 0 Å². The van der Waals surface area contributed by atoms with Crippen LogP contribution in [0.4, 0.5) is 0 Å². The molecule has 2 aliphatic rings. The smallest absolute Gasteiger partial charge is 0.158 e. The summed E-state index contributed by atoms with van der Waals surface area (Å²) in [7, 11) is 0. The fraction of sp³-hybridized carbons (Fsp3) is 0.789. The van der Waals surface area contributed by atoms with Crippen molar-refractivity contribution >= 4 is 5.78 Å². The van der Waals surface area contributed by atoms with Crippen molar-refractivity contribution in [3.8, 4) is 6.07 Å². The predicted molar refractivity (Wildman–Crippen MR) is 85.6 cm³/mol. The number of carbonyl (C=O) groups excluding carboxylic acids is 1. The molecule has 0 heterocycles. The third-order valence-electron chi connectivity index (χ3n) is 5.45. The molecule has 2 nitrogen and oxygen atoms in total. The van der Waals surface area contributed by atoms with Crippen molar-refractivity contribution in [2.75, 3.05) is 0 Å². The number of nitrogens with zero attached hydrogens (tertiary/aromatic N) is 1. The number of nitriles is 1. The lowest BCUT2D eigenvalue weighted by molar-refractivity contribution is -0.119. The van der Waals surface area contributed by atoms with Gasteiger partial charge >= 0.3 is 0 Å². The van der Waals surface area contributed by atoms with E-state index in [1.54, 1.807) is 0 Å². The number of hydrogen-bond acceptors (Lipinski definition) is 2. The summed E-state index contributed by atoms with van der Waals surface area (Å²) in [5, 5.41) is 8.65. The standard InChI is InChI=1S/C19H29NO/c1-2-3-5-15-7-9-16(10-8-15)18-12-11-17(6-4-13-20)19(21)14-18/h14-17H,2-12H2,1H3. The molecule has 2 rings (SSSR count). The van der Waals surface area contributed by atoms with Crippen molar-refractivity contribution in [1.29, 1.82) is 5.26 Å². The van der Waals surface area contributed by atoms with Gasteiger partial charge in [-0.05, 0) is 62.9 Å². The lowest BCUT2D eigenvalue weighted by atomic mass is 9.73. The van der Waals surface area contributed by atoms with E-state index in [1.165, 1.54) is 50.5 Å². The molecule has 1 saturated carbocycles. The highest BCUT2D eigenvalue weighted by Crippen LogP contribution is 2.39. The van der Waals surface area contributed by atoms with Crippen LogP contribution in [0.3, 0.4) is 0 Å². The first-order valence-corrected chi connectivity index (χ1v) is 8.85. The summed E-state index contributed by atoms with van der Waals surface area (Å²) < 4.78 is 0. The van der Waals surface area contributed by atoms with Crippen molar-refractivity contribution in [2.24, 2.45) is 17.8 Å². The van der Waals surface area contributed by atoms with E-state index in [-0.39, 0.29) is 5.92 Å².